The van der Waals surface area contributed by atoms with E-state index in [1.54, 1.807) is 7.11 Å². The molecule has 2 aromatic rings. The van der Waals surface area contributed by atoms with Gasteiger partial charge in [0.05, 0.1) is 12.1 Å². The van der Waals surface area contributed by atoms with Gasteiger partial charge in [-0.3, -0.25) is 9.69 Å². The standard InChI is InChI=1S/C18H24N2O3/c1-5-20-9-14(16(10-20)22-4)19-18(21)17-12(3)13-7-6-11(2)8-15(13)23-17/h6-8,14,16H,5,9-10H2,1-4H3,(H,19,21)/t14-,16-/m1/s1. The first-order valence-electron chi connectivity index (χ1n) is 8.09. The number of hydrogen-bond acceptors (Lipinski definition) is 4. The SMILES string of the molecule is CCN1C[C@@H](NC(=O)c2oc3cc(C)ccc3c2C)[C@H](OC)C1. The molecule has 3 rings (SSSR count). The smallest absolute Gasteiger partial charge is 0.287 e. The van der Waals surface area contributed by atoms with Crippen molar-refractivity contribution in [2.24, 2.45) is 0 Å². The Labute approximate surface area is 136 Å². The number of hydrogen-bond donors (Lipinski definition) is 1. The second-order valence-corrected chi connectivity index (χ2v) is 6.26. The van der Waals surface area contributed by atoms with E-state index in [0.717, 1.165) is 41.7 Å². The summed E-state index contributed by atoms with van der Waals surface area (Å²) in [7, 11) is 1.69. The highest BCUT2D eigenvalue weighted by molar-refractivity contribution is 5.99. The van der Waals surface area contributed by atoms with Crippen molar-refractivity contribution in [1.82, 2.24) is 10.2 Å². The molecule has 5 nitrogen and oxygen atoms in total. The van der Waals surface area contributed by atoms with Crippen LogP contribution in [0, 0.1) is 13.8 Å². The second-order valence-electron chi connectivity index (χ2n) is 6.26. The molecule has 1 fully saturated rings. The van der Waals surface area contributed by atoms with Crippen LogP contribution in [0.25, 0.3) is 11.0 Å². The quantitative estimate of drug-likeness (QED) is 0.941. The average molecular weight is 316 g/mol. The lowest BCUT2D eigenvalue weighted by molar-refractivity contribution is 0.0745. The molecule has 1 aliphatic heterocycles. The first-order chi connectivity index (χ1) is 11.0. The molecule has 2 atom stereocenters. The van der Waals surface area contributed by atoms with E-state index in [2.05, 4.69) is 17.1 Å². The Morgan fingerprint density at radius 3 is 2.87 bits per heavy atom. The van der Waals surface area contributed by atoms with Gasteiger partial charge in [0.15, 0.2) is 5.76 Å². The van der Waals surface area contributed by atoms with Gasteiger partial charge >= 0.3 is 0 Å². The molecular weight excluding hydrogens is 292 g/mol. The molecule has 124 valence electrons. The zero-order chi connectivity index (χ0) is 16.6. The van der Waals surface area contributed by atoms with Crippen molar-refractivity contribution in [2.45, 2.75) is 32.9 Å². The molecule has 23 heavy (non-hydrogen) atoms. The lowest BCUT2D eigenvalue weighted by atomic mass is 10.1. The van der Waals surface area contributed by atoms with Gasteiger partial charge in [0.1, 0.15) is 5.58 Å². The first-order valence-corrected chi connectivity index (χ1v) is 8.09. The van der Waals surface area contributed by atoms with Crippen molar-refractivity contribution >= 4 is 16.9 Å². The summed E-state index contributed by atoms with van der Waals surface area (Å²) >= 11 is 0. The van der Waals surface area contributed by atoms with Gasteiger partial charge in [0.2, 0.25) is 0 Å². The number of aryl methyl sites for hydroxylation is 2. The van der Waals surface area contributed by atoms with Crippen LogP contribution in [0.1, 0.15) is 28.6 Å². The fourth-order valence-corrected chi connectivity index (χ4v) is 3.27. The largest absolute Gasteiger partial charge is 0.451 e. The van der Waals surface area contributed by atoms with E-state index in [-0.39, 0.29) is 18.1 Å². The Balaban J connectivity index is 1.82. The summed E-state index contributed by atoms with van der Waals surface area (Å²) in [5.74, 6) is 0.233. The summed E-state index contributed by atoms with van der Waals surface area (Å²) in [6, 6.07) is 5.99. The number of likely N-dealkylation sites (N-methyl/N-ethyl adjacent to an activating group) is 1. The van der Waals surface area contributed by atoms with Crippen LogP contribution in [0.2, 0.25) is 0 Å². The topological polar surface area (TPSA) is 54.7 Å². The number of methoxy groups -OCH3 is 1. The van der Waals surface area contributed by atoms with E-state index in [1.807, 2.05) is 32.0 Å². The van der Waals surface area contributed by atoms with Crippen molar-refractivity contribution in [1.29, 1.82) is 0 Å². The number of furan rings is 1. The Kier molecular flexibility index (Phi) is 4.41. The maximum absolute atomic E-state index is 12.7. The number of likely N-dealkylation sites (tertiary alicyclic amines) is 1. The van der Waals surface area contributed by atoms with E-state index in [1.165, 1.54) is 0 Å². The summed E-state index contributed by atoms with van der Waals surface area (Å²) in [4.78, 5) is 14.9. The highest BCUT2D eigenvalue weighted by Crippen LogP contribution is 2.26. The van der Waals surface area contributed by atoms with Gasteiger partial charge in [0.25, 0.3) is 5.91 Å². The number of amides is 1. The third-order valence-corrected chi connectivity index (χ3v) is 4.71. The van der Waals surface area contributed by atoms with Crippen LogP contribution in [-0.2, 0) is 4.74 Å². The van der Waals surface area contributed by atoms with Crippen LogP contribution in [0.3, 0.4) is 0 Å². The number of benzene rings is 1. The Bertz CT molecular complexity index is 722. The molecule has 1 aliphatic rings. The molecule has 1 saturated heterocycles. The molecule has 1 aromatic heterocycles. The van der Waals surface area contributed by atoms with Crippen molar-refractivity contribution in [3.63, 3.8) is 0 Å². The number of rotatable bonds is 4. The second kappa shape index (κ2) is 6.34. The summed E-state index contributed by atoms with van der Waals surface area (Å²) in [6.07, 6.45) is 0.0193. The van der Waals surface area contributed by atoms with E-state index in [9.17, 15) is 4.79 Å². The van der Waals surface area contributed by atoms with Gasteiger partial charge in [0, 0.05) is 31.1 Å². The zero-order valence-electron chi connectivity index (χ0n) is 14.2. The van der Waals surface area contributed by atoms with Gasteiger partial charge in [-0.15, -0.1) is 0 Å². The molecule has 1 amide bonds. The van der Waals surface area contributed by atoms with E-state index in [0.29, 0.717) is 5.76 Å². The third kappa shape index (κ3) is 2.99. The lowest BCUT2D eigenvalue weighted by Gasteiger charge is -2.17. The van der Waals surface area contributed by atoms with Crippen LogP contribution in [0.4, 0.5) is 0 Å². The van der Waals surface area contributed by atoms with Crippen LogP contribution < -0.4 is 5.32 Å². The number of fused-ring (bicyclic) bond motifs is 1. The molecule has 0 saturated carbocycles. The summed E-state index contributed by atoms with van der Waals surface area (Å²) in [5.41, 5.74) is 2.77. The number of carbonyl (C=O) groups excluding carboxylic acids is 1. The summed E-state index contributed by atoms with van der Waals surface area (Å²) in [5, 5.41) is 4.07. The number of nitrogens with zero attached hydrogens (tertiary/aromatic N) is 1. The maximum Gasteiger partial charge on any atom is 0.287 e. The van der Waals surface area contributed by atoms with Gasteiger partial charge in [-0.05, 0) is 32.0 Å². The minimum atomic E-state index is -0.165. The van der Waals surface area contributed by atoms with Crippen molar-refractivity contribution in [3.8, 4) is 0 Å². The molecule has 0 unspecified atom stereocenters. The third-order valence-electron chi connectivity index (χ3n) is 4.71. The fourth-order valence-electron chi connectivity index (χ4n) is 3.27. The average Bonchev–Trinajstić information content (AvgIpc) is 3.08. The van der Waals surface area contributed by atoms with Crippen molar-refractivity contribution in [3.05, 3.63) is 35.1 Å². The number of ether oxygens (including phenoxy) is 1. The van der Waals surface area contributed by atoms with Crippen LogP contribution >= 0.6 is 0 Å². The zero-order valence-corrected chi connectivity index (χ0v) is 14.2. The van der Waals surface area contributed by atoms with Crippen molar-refractivity contribution in [2.75, 3.05) is 26.7 Å². The molecule has 0 bridgehead atoms. The van der Waals surface area contributed by atoms with E-state index in [4.69, 9.17) is 9.15 Å². The number of nitrogens with one attached hydrogen (secondary N) is 1. The fraction of sp³-hybridized carbons (Fsp3) is 0.500. The van der Waals surface area contributed by atoms with Gasteiger partial charge < -0.3 is 14.5 Å². The van der Waals surface area contributed by atoms with Crippen LogP contribution in [-0.4, -0.2) is 49.7 Å². The van der Waals surface area contributed by atoms with E-state index >= 15 is 0 Å². The highest BCUT2D eigenvalue weighted by Gasteiger charge is 2.34. The Morgan fingerprint density at radius 1 is 1.39 bits per heavy atom. The molecular formula is C18H24N2O3. The van der Waals surface area contributed by atoms with E-state index < -0.39 is 0 Å². The molecule has 0 spiro atoms. The molecule has 5 heteroatoms. The Morgan fingerprint density at radius 2 is 2.17 bits per heavy atom. The minimum absolute atomic E-state index is 0.0122. The van der Waals surface area contributed by atoms with Gasteiger partial charge in [-0.1, -0.05) is 19.1 Å². The molecule has 1 aromatic carbocycles. The predicted molar refractivity (Wildman–Crippen MR) is 89.9 cm³/mol. The predicted octanol–water partition coefficient (Wildman–Crippen LogP) is 2.50. The molecule has 0 aliphatic carbocycles. The molecule has 1 N–H and O–H groups in total. The minimum Gasteiger partial charge on any atom is -0.451 e. The normalized spacial score (nSPS) is 21.9. The van der Waals surface area contributed by atoms with Crippen LogP contribution in [0.15, 0.2) is 22.6 Å². The lowest BCUT2D eigenvalue weighted by Crippen LogP contribution is -2.43. The first kappa shape index (κ1) is 16.0. The summed E-state index contributed by atoms with van der Waals surface area (Å²) < 4.78 is 11.3. The highest BCUT2D eigenvalue weighted by atomic mass is 16.5. The molecule has 2 heterocycles. The monoisotopic (exact) mass is 316 g/mol. The number of carbonyl (C=O) groups is 1. The molecule has 0 radical (unpaired) electrons. The van der Waals surface area contributed by atoms with Crippen LogP contribution in [0.5, 0.6) is 0 Å². The summed E-state index contributed by atoms with van der Waals surface area (Å²) in [6.45, 7) is 8.65. The van der Waals surface area contributed by atoms with Crippen molar-refractivity contribution < 1.29 is 13.9 Å². The van der Waals surface area contributed by atoms with Gasteiger partial charge in [-0.2, -0.15) is 0 Å². The maximum atomic E-state index is 12.7. The van der Waals surface area contributed by atoms with Gasteiger partial charge in [-0.25, -0.2) is 0 Å². The Hall–Kier alpha value is -1.85.